The van der Waals surface area contributed by atoms with Gasteiger partial charge in [-0.15, -0.1) is 0 Å². The van der Waals surface area contributed by atoms with Gasteiger partial charge in [-0.3, -0.25) is 4.90 Å². The van der Waals surface area contributed by atoms with Crippen LogP contribution in [0.1, 0.15) is 6.42 Å². The third-order valence-corrected chi connectivity index (χ3v) is 3.57. The number of benzene rings is 1. The highest BCUT2D eigenvalue weighted by Gasteiger charge is 2.16. The summed E-state index contributed by atoms with van der Waals surface area (Å²) in [6.07, 6.45) is 1.09. The summed E-state index contributed by atoms with van der Waals surface area (Å²) in [5, 5.41) is 9.65. The molecule has 0 radical (unpaired) electrons. The van der Waals surface area contributed by atoms with Gasteiger partial charge in [0, 0.05) is 31.2 Å². The number of aliphatic hydroxyl groups excluding tert-OH is 1. The molecule has 1 aromatic carbocycles. The molecular weight excluding hydrogens is 250 g/mol. The van der Waals surface area contributed by atoms with E-state index in [4.69, 9.17) is 22.4 Å². The minimum absolute atomic E-state index is 0.225. The van der Waals surface area contributed by atoms with Crippen LogP contribution in [0.25, 0.3) is 0 Å². The molecule has 3 N–H and O–H groups in total. The van der Waals surface area contributed by atoms with Gasteiger partial charge in [0.25, 0.3) is 0 Å². The first-order valence-corrected chi connectivity index (χ1v) is 6.71. The van der Waals surface area contributed by atoms with E-state index in [0.29, 0.717) is 5.02 Å². The Morgan fingerprint density at radius 1 is 1.22 bits per heavy atom. The first kappa shape index (κ1) is 13.5. The molecule has 0 aliphatic carbocycles. The maximum atomic E-state index is 8.98. The van der Waals surface area contributed by atoms with Crippen molar-refractivity contribution in [2.75, 3.05) is 50.0 Å². The molecule has 18 heavy (non-hydrogen) atoms. The van der Waals surface area contributed by atoms with Crippen LogP contribution >= 0.6 is 11.6 Å². The summed E-state index contributed by atoms with van der Waals surface area (Å²) in [5.41, 5.74) is 7.81. The molecule has 0 spiro atoms. The van der Waals surface area contributed by atoms with Gasteiger partial charge in [0.05, 0.1) is 18.0 Å². The van der Waals surface area contributed by atoms with Crippen LogP contribution in [0.4, 0.5) is 11.4 Å². The lowest BCUT2D eigenvalue weighted by Crippen LogP contribution is -2.32. The van der Waals surface area contributed by atoms with Gasteiger partial charge in [-0.25, -0.2) is 0 Å². The number of nitrogens with zero attached hydrogens (tertiary/aromatic N) is 2. The van der Waals surface area contributed by atoms with Crippen LogP contribution in [0.3, 0.4) is 0 Å². The molecule has 1 fully saturated rings. The number of rotatable bonds is 3. The highest BCUT2D eigenvalue weighted by Crippen LogP contribution is 2.27. The molecule has 5 heteroatoms. The number of nitrogen functional groups attached to an aromatic ring is 1. The number of hydrogen-bond acceptors (Lipinski definition) is 4. The predicted molar refractivity (Wildman–Crippen MR) is 76.2 cm³/mol. The van der Waals surface area contributed by atoms with Crippen molar-refractivity contribution in [3.63, 3.8) is 0 Å². The van der Waals surface area contributed by atoms with Crippen LogP contribution in [-0.2, 0) is 0 Å². The predicted octanol–water partition coefficient (Wildman–Crippen LogP) is 1.43. The average Bonchev–Trinajstić information content (AvgIpc) is 2.55. The van der Waals surface area contributed by atoms with E-state index < -0.39 is 0 Å². The fraction of sp³-hybridized carbons (Fsp3) is 0.538. The summed E-state index contributed by atoms with van der Waals surface area (Å²) in [7, 11) is 0. The topological polar surface area (TPSA) is 52.7 Å². The van der Waals surface area contributed by atoms with E-state index in [9.17, 15) is 0 Å². The summed E-state index contributed by atoms with van der Waals surface area (Å²) < 4.78 is 0. The smallest absolute Gasteiger partial charge is 0.0601 e. The van der Waals surface area contributed by atoms with Crippen molar-refractivity contribution < 1.29 is 5.11 Å². The van der Waals surface area contributed by atoms with E-state index in [-0.39, 0.29) is 6.61 Å². The summed E-state index contributed by atoms with van der Waals surface area (Å²) in [6, 6.07) is 5.66. The Bertz CT molecular complexity index is 400. The Morgan fingerprint density at radius 2 is 2.06 bits per heavy atom. The minimum Gasteiger partial charge on any atom is -0.397 e. The van der Waals surface area contributed by atoms with E-state index in [1.807, 2.05) is 12.1 Å². The van der Waals surface area contributed by atoms with Gasteiger partial charge >= 0.3 is 0 Å². The SMILES string of the molecule is Nc1cc(Cl)ccc1N1CCCN(CCO)CC1. The summed E-state index contributed by atoms with van der Waals surface area (Å²) in [5.74, 6) is 0. The summed E-state index contributed by atoms with van der Waals surface area (Å²) in [6.45, 7) is 4.90. The summed E-state index contributed by atoms with van der Waals surface area (Å²) >= 11 is 5.92. The van der Waals surface area contributed by atoms with Gasteiger partial charge in [-0.1, -0.05) is 11.6 Å². The lowest BCUT2D eigenvalue weighted by atomic mass is 10.2. The number of hydrogen-bond donors (Lipinski definition) is 2. The summed E-state index contributed by atoms with van der Waals surface area (Å²) in [4.78, 5) is 4.58. The number of halogens is 1. The first-order chi connectivity index (χ1) is 8.70. The van der Waals surface area contributed by atoms with Crippen molar-refractivity contribution in [3.8, 4) is 0 Å². The number of nitrogens with two attached hydrogens (primary N) is 1. The minimum atomic E-state index is 0.225. The van der Waals surface area contributed by atoms with Gasteiger partial charge in [-0.05, 0) is 31.2 Å². The van der Waals surface area contributed by atoms with Crippen molar-refractivity contribution in [2.45, 2.75) is 6.42 Å². The van der Waals surface area contributed by atoms with E-state index >= 15 is 0 Å². The largest absolute Gasteiger partial charge is 0.397 e. The standard InChI is InChI=1S/C13H20ClN3O/c14-11-2-3-13(12(15)10-11)17-5-1-4-16(6-7-17)8-9-18/h2-3,10,18H,1,4-9,15H2. The van der Waals surface area contributed by atoms with Gasteiger partial charge in [-0.2, -0.15) is 0 Å². The maximum absolute atomic E-state index is 8.98. The Labute approximate surface area is 113 Å². The molecule has 1 heterocycles. The lowest BCUT2D eigenvalue weighted by Gasteiger charge is -2.24. The van der Waals surface area contributed by atoms with Crippen LogP contribution in [0.5, 0.6) is 0 Å². The molecule has 0 saturated carbocycles. The molecule has 1 aliphatic rings. The molecule has 1 aliphatic heterocycles. The van der Waals surface area contributed by atoms with E-state index in [1.54, 1.807) is 6.07 Å². The van der Waals surface area contributed by atoms with Crippen LogP contribution in [0.15, 0.2) is 18.2 Å². The monoisotopic (exact) mass is 269 g/mol. The van der Waals surface area contributed by atoms with Crippen LogP contribution in [-0.4, -0.2) is 49.3 Å². The Hall–Kier alpha value is -0.970. The van der Waals surface area contributed by atoms with Crippen LogP contribution in [0.2, 0.25) is 5.02 Å². The van der Waals surface area contributed by atoms with E-state index in [1.165, 1.54) is 0 Å². The number of anilines is 2. The molecule has 0 bridgehead atoms. The zero-order valence-corrected chi connectivity index (χ0v) is 11.2. The van der Waals surface area contributed by atoms with Gasteiger partial charge in [0.15, 0.2) is 0 Å². The third kappa shape index (κ3) is 3.28. The highest BCUT2D eigenvalue weighted by atomic mass is 35.5. The second kappa shape index (κ2) is 6.27. The van der Waals surface area contributed by atoms with E-state index in [0.717, 1.165) is 50.5 Å². The highest BCUT2D eigenvalue weighted by molar-refractivity contribution is 6.31. The Kier molecular flexibility index (Phi) is 4.69. The van der Waals surface area contributed by atoms with E-state index in [2.05, 4.69) is 9.80 Å². The Morgan fingerprint density at radius 3 is 2.78 bits per heavy atom. The molecular formula is C13H20ClN3O. The molecule has 0 unspecified atom stereocenters. The van der Waals surface area contributed by atoms with Crippen LogP contribution < -0.4 is 10.6 Å². The molecule has 4 nitrogen and oxygen atoms in total. The molecule has 2 rings (SSSR count). The van der Waals surface area contributed by atoms with Crippen molar-refractivity contribution >= 4 is 23.0 Å². The van der Waals surface area contributed by atoms with Crippen molar-refractivity contribution in [1.29, 1.82) is 0 Å². The molecule has 1 aromatic rings. The van der Waals surface area contributed by atoms with Crippen molar-refractivity contribution in [1.82, 2.24) is 4.90 Å². The quantitative estimate of drug-likeness (QED) is 0.815. The first-order valence-electron chi connectivity index (χ1n) is 6.34. The molecule has 0 atom stereocenters. The zero-order chi connectivity index (χ0) is 13.0. The zero-order valence-electron chi connectivity index (χ0n) is 10.5. The number of β-amino-alcohol motifs (C(OH)–C–C–N with tert-alkyl or cyclic N) is 1. The normalized spacial score (nSPS) is 17.8. The fourth-order valence-electron chi connectivity index (χ4n) is 2.39. The van der Waals surface area contributed by atoms with Crippen molar-refractivity contribution in [2.24, 2.45) is 0 Å². The average molecular weight is 270 g/mol. The molecule has 0 aromatic heterocycles. The maximum Gasteiger partial charge on any atom is 0.0601 e. The van der Waals surface area contributed by atoms with Gasteiger partial charge < -0.3 is 15.7 Å². The van der Waals surface area contributed by atoms with Crippen LogP contribution in [0, 0.1) is 0 Å². The second-order valence-corrected chi connectivity index (χ2v) is 5.05. The fourth-order valence-corrected chi connectivity index (χ4v) is 2.57. The lowest BCUT2D eigenvalue weighted by molar-refractivity contribution is 0.204. The van der Waals surface area contributed by atoms with Gasteiger partial charge in [0.2, 0.25) is 0 Å². The second-order valence-electron chi connectivity index (χ2n) is 4.61. The number of aliphatic hydroxyl groups is 1. The molecule has 1 saturated heterocycles. The molecule has 0 amide bonds. The molecule has 100 valence electrons. The third-order valence-electron chi connectivity index (χ3n) is 3.34. The van der Waals surface area contributed by atoms with Gasteiger partial charge in [0.1, 0.15) is 0 Å². The Balaban J connectivity index is 2.05. The van der Waals surface area contributed by atoms with Crippen molar-refractivity contribution in [3.05, 3.63) is 23.2 Å².